The van der Waals surface area contributed by atoms with Crippen molar-refractivity contribution in [2.24, 2.45) is 0 Å². The topological polar surface area (TPSA) is 33.1 Å². The smallest absolute Gasteiger partial charge is 0.0822 e. The summed E-state index contributed by atoms with van der Waals surface area (Å²) in [5, 5.41) is 10.5. The molecule has 0 fully saturated rings. The molecule has 0 spiro atoms. The van der Waals surface area contributed by atoms with E-state index in [1.165, 1.54) is 0 Å². The zero-order valence-corrected chi connectivity index (χ0v) is 11.1. The normalized spacial score (nSPS) is 14.2. The monoisotopic (exact) mass is 281 g/mol. The van der Waals surface area contributed by atoms with Gasteiger partial charge in [-0.25, -0.2) is 0 Å². The third-order valence-corrected chi connectivity index (χ3v) is 3.41. The van der Waals surface area contributed by atoms with Crippen LogP contribution in [0.2, 0.25) is 5.02 Å². The molecule has 4 heteroatoms. The van der Waals surface area contributed by atoms with Crippen LogP contribution in [0.1, 0.15) is 29.0 Å². The van der Waals surface area contributed by atoms with Crippen LogP contribution in [0.15, 0.2) is 48.8 Å². The van der Waals surface area contributed by atoms with Gasteiger partial charge in [0, 0.05) is 17.4 Å². The van der Waals surface area contributed by atoms with Crippen LogP contribution in [0.25, 0.3) is 0 Å². The second kappa shape index (κ2) is 6.19. The zero-order valence-electron chi connectivity index (χ0n) is 9.63. The summed E-state index contributed by atoms with van der Waals surface area (Å²) in [6.07, 6.45) is 3.15. The lowest BCUT2D eigenvalue weighted by Crippen LogP contribution is -2.02. The number of pyridine rings is 1. The van der Waals surface area contributed by atoms with Crippen LogP contribution in [0.5, 0.6) is 0 Å². The van der Waals surface area contributed by atoms with E-state index >= 15 is 0 Å². The molecule has 0 aliphatic carbocycles. The first-order valence-corrected chi connectivity index (χ1v) is 6.46. The number of aromatic nitrogens is 1. The van der Waals surface area contributed by atoms with Crippen molar-refractivity contribution in [2.75, 3.05) is 0 Å². The van der Waals surface area contributed by atoms with Gasteiger partial charge in [-0.3, -0.25) is 4.98 Å². The predicted octanol–water partition coefficient (Wildman–Crippen LogP) is 4.14. The van der Waals surface area contributed by atoms with Crippen LogP contribution in [-0.4, -0.2) is 10.1 Å². The summed E-state index contributed by atoms with van der Waals surface area (Å²) < 4.78 is 0. The standard InChI is InChI=1S/C14H13Cl2NO/c15-12-5-3-10(4-6-12)13(16)8-14(18)11-2-1-7-17-9-11/h1-7,9,13-14,18H,8H2/t13-,14-/m1/s1. The van der Waals surface area contributed by atoms with Gasteiger partial charge in [0.15, 0.2) is 0 Å². The van der Waals surface area contributed by atoms with E-state index in [4.69, 9.17) is 23.2 Å². The van der Waals surface area contributed by atoms with E-state index in [-0.39, 0.29) is 5.38 Å². The summed E-state index contributed by atoms with van der Waals surface area (Å²) in [5.41, 5.74) is 1.72. The number of aliphatic hydroxyl groups excluding tert-OH is 1. The van der Waals surface area contributed by atoms with Crippen molar-refractivity contribution in [2.45, 2.75) is 17.9 Å². The molecule has 2 aromatic rings. The van der Waals surface area contributed by atoms with Gasteiger partial charge >= 0.3 is 0 Å². The molecule has 0 amide bonds. The van der Waals surface area contributed by atoms with Gasteiger partial charge in [-0.15, -0.1) is 11.6 Å². The van der Waals surface area contributed by atoms with E-state index < -0.39 is 6.10 Å². The molecule has 2 rings (SSSR count). The van der Waals surface area contributed by atoms with Crippen molar-refractivity contribution in [1.29, 1.82) is 0 Å². The quantitative estimate of drug-likeness (QED) is 0.855. The van der Waals surface area contributed by atoms with Gasteiger partial charge in [-0.1, -0.05) is 29.8 Å². The van der Waals surface area contributed by atoms with E-state index in [1.54, 1.807) is 30.6 Å². The summed E-state index contributed by atoms with van der Waals surface area (Å²) in [5.74, 6) is 0. The fourth-order valence-electron chi connectivity index (χ4n) is 1.71. The van der Waals surface area contributed by atoms with Crippen molar-refractivity contribution in [3.05, 3.63) is 64.9 Å². The number of hydrogen-bond donors (Lipinski definition) is 1. The van der Waals surface area contributed by atoms with Crippen molar-refractivity contribution in [3.63, 3.8) is 0 Å². The van der Waals surface area contributed by atoms with Gasteiger partial charge in [0.2, 0.25) is 0 Å². The average Bonchev–Trinajstić information content (AvgIpc) is 2.40. The molecule has 2 nitrogen and oxygen atoms in total. The summed E-state index contributed by atoms with van der Waals surface area (Å²) in [6, 6.07) is 11.0. The SMILES string of the molecule is O[C@H](C[C@@H](Cl)c1ccc(Cl)cc1)c1cccnc1. The molecular weight excluding hydrogens is 269 g/mol. The average molecular weight is 282 g/mol. The van der Waals surface area contributed by atoms with E-state index in [9.17, 15) is 5.11 Å². The van der Waals surface area contributed by atoms with Gasteiger partial charge in [-0.05, 0) is 35.7 Å². The number of halogens is 2. The fraction of sp³-hybridized carbons (Fsp3) is 0.214. The fourth-order valence-corrected chi connectivity index (χ4v) is 2.15. The van der Waals surface area contributed by atoms with Gasteiger partial charge in [0.25, 0.3) is 0 Å². The van der Waals surface area contributed by atoms with Gasteiger partial charge < -0.3 is 5.11 Å². The summed E-state index contributed by atoms with van der Waals surface area (Å²) in [4.78, 5) is 3.98. The number of aliphatic hydroxyl groups is 1. The van der Waals surface area contributed by atoms with Crippen molar-refractivity contribution in [1.82, 2.24) is 4.98 Å². The predicted molar refractivity (Wildman–Crippen MR) is 73.9 cm³/mol. The van der Waals surface area contributed by atoms with Crippen LogP contribution in [-0.2, 0) is 0 Å². The molecule has 0 unspecified atom stereocenters. The Balaban J connectivity index is 2.03. The summed E-state index contributed by atoms with van der Waals surface area (Å²) in [7, 11) is 0. The van der Waals surface area contributed by atoms with Gasteiger partial charge in [-0.2, -0.15) is 0 Å². The highest BCUT2D eigenvalue weighted by Gasteiger charge is 2.15. The molecule has 1 aromatic heterocycles. The molecule has 18 heavy (non-hydrogen) atoms. The Bertz CT molecular complexity index is 487. The maximum Gasteiger partial charge on any atom is 0.0822 e. The molecule has 0 saturated carbocycles. The van der Waals surface area contributed by atoms with Gasteiger partial charge in [0.1, 0.15) is 0 Å². The Morgan fingerprint density at radius 3 is 2.44 bits per heavy atom. The Hall–Kier alpha value is -1.09. The number of nitrogens with zero attached hydrogens (tertiary/aromatic N) is 1. The molecule has 0 aliphatic rings. The molecule has 2 atom stereocenters. The number of rotatable bonds is 4. The first-order valence-electron chi connectivity index (χ1n) is 5.64. The van der Waals surface area contributed by atoms with Crippen LogP contribution < -0.4 is 0 Å². The minimum Gasteiger partial charge on any atom is -0.388 e. The van der Waals surface area contributed by atoms with Gasteiger partial charge in [0.05, 0.1) is 11.5 Å². The molecule has 0 radical (unpaired) electrons. The summed E-state index contributed by atoms with van der Waals surface area (Å²) >= 11 is 12.1. The highest BCUT2D eigenvalue weighted by molar-refractivity contribution is 6.30. The number of hydrogen-bond acceptors (Lipinski definition) is 2. The van der Waals surface area contributed by atoms with E-state index in [1.807, 2.05) is 18.2 Å². The van der Waals surface area contributed by atoms with Crippen molar-refractivity contribution >= 4 is 23.2 Å². The van der Waals surface area contributed by atoms with E-state index in [0.29, 0.717) is 11.4 Å². The second-order valence-electron chi connectivity index (χ2n) is 4.06. The lowest BCUT2D eigenvalue weighted by Gasteiger charge is -2.15. The zero-order chi connectivity index (χ0) is 13.0. The second-order valence-corrected chi connectivity index (χ2v) is 5.02. The Kier molecular flexibility index (Phi) is 4.59. The van der Waals surface area contributed by atoms with Crippen LogP contribution in [0.3, 0.4) is 0 Å². The highest BCUT2D eigenvalue weighted by Crippen LogP contribution is 2.31. The Morgan fingerprint density at radius 1 is 1.11 bits per heavy atom. The maximum atomic E-state index is 10.1. The Labute approximate surface area is 116 Å². The molecule has 1 N–H and O–H groups in total. The minimum absolute atomic E-state index is 0.252. The lowest BCUT2D eigenvalue weighted by molar-refractivity contribution is 0.166. The first-order chi connectivity index (χ1) is 8.66. The van der Waals surface area contributed by atoms with Crippen molar-refractivity contribution in [3.8, 4) is 0 Å². The molecule has 0 aliphatic heterocycles. The van der Waals surface area contributed by atoms with E-state index in [0.717, 1.165) is 11.1 Å². The molecule has 1 heterocycles. The third kappa shape index (κ3) is 3.45. The largest absolute Gasteiger partial charge is 0.388 e. The molecule has 0 saturated heterocycles. The first kappa shape index (κ1) is 13.3. The van der Waals surface area contributed by atoms with Crippen molar-refractivity contribution < 1.29 is 5.11 Å². The molecular formula is C14H13Cl2NO. The molecule has 1 aromatic carbocycles. The number of benzene rings is 1. The molecule has 94 valence electrons. The van der Waals surface area contributed by atoms with Crippen LogP contribution in [0.4, 0.5) is 0 Å². The van der Waals surface area contributed by atoms with Crippen LogP contribution >= 0.6 is 23.2 Å². The third-order valence-electron chi connectivity index (χ3n) is 2.73. The van der Waals surface area contributed by atoms with Crippen LogP contribution in [0, 0.1) is 0 Å². The lowest BCUT2D eigenvalue weighted by atomic mass is 10.0. The highest BCUT2D eigenvalue weighted by atomic mass is 35.5. The number of alkyl halides is 1. The minimum atomic E-state index is -0.614. The Morgan fingerprint density at radius 2 is 1.83 bits per heavy atom. The molecule has 0 bridgehead atoms. The summed E-state index contributed by atoms with van der Waals surface area (Å²) in [6.45, 7) is 0. The van der Waals surface area contributed by atoms with E-state index in [2.05, 4.69) is 4.98 Å². The maximum absolute atomic E-state index is 10.1.